The van der Waals surface area contributed by atoms with Crippen molar-refractivity contribution < 1.29 is 43.9 Å². The Morgan fingerprint density at radius 3 is 1.88 bits per heavy atom. The topological polar surface area (TPSA) is 140 Å². The molecular formula is C25H22O9. The predicted octanol–water partition coefficient (Wildman–Crippen LogP) is 2.10. The van der Waals surface area contributed by atoms with E-state index in [1.54, 1.807) is 24.3 Å². The van der Waals surface area contributed by atoms with E-state index in [1.807, 2.05) is 0 Å². The van der Waals surface area contributed by atoms with Crippen LogP contribution >= 0.6 is 0 Å². The molecule has 1 aliphatic carbocycles. The van der Waals surface area contributed by atoms with Crippen LogP contribution in [0.5, 0.6) is 11.5 Å². The molecule has 1 aliphatic heterocycles. The molecule has 1 saturated heterocycles. The Balaban J connectivity index is 1.45. The first-order chi connectivity index (χ1) is 16.2. The van der Waals surface area contributed by atoms with Gasteiger partial charge in [-0.05, 0) is 47.5 Å². The van der Waals surface area contributed by atoms with Gasteiger partial charge in [-0.25, -0.2) is 14.4 Å². The molecule has 9 nitrogen and oxygen atoms in total. The van der Waals surface area contributed by atoms with Gasteiger partial charge in [0, 0.05) is 25.0 Å². The molecule has 0 radical (unpaired) electrons. The van der Waals surface area contributed by atoms with Crippen LogP contribution in [0, 0.1) is 0 Å². The Kier molecular flexibility index (Phi) is 6.38. The molecule has 2 unspecified atom stereocenters. The minimum absolute atomic E-state index is 0.0805. The lowest BCUT2D eigenvalue weighted by molar-refractivity contribution is -0.178. The highest BCUT2D eigenvalue weighted by molar-refractivity contribution is 5.89. The highest BCUT2D eigenvalue weighted by Crippen LogP contribution is 2.40. The van der Waals surface area contributed by atoms with E-state index in [2.05, 4.69) is 0 Å². The van der Waals surface area contributed by atoms with Crippen LogP contribution in [0.3, 0.4) is 0 Å². The van der Waals surface area contributed by atoms with Gasteiger partial charge in [-0.15, -0.1) is 0 Å². The zero-order valence-corrected chi connectivity index (χ0v) is 17.9. The molecule has 2 aliphatic rings. The van der Waals surface area contributed by atoms with Gasteiger partial charge in [0.25, 0.3) is 0 Å². The Hall–Kier alpha value is -4.11. The molecule has 3 N–H and O–H groups in total. The largest absolute Gasteiger partial charge is 0.508 e. The fraction of sp³-hybridized carbons (Fsp3) is 0.240. The van der Waals surface area contributed by atoms with E-state index in [0.29, 0.717) is 11.1 Å². The fourth-order valence-corrected chi connectivity index (χ4v) is 3.87. The third-order valence-electron chi connectivity index (χ3n) is 5.58. The maximum Gasteiger partial charge on any atom is 0.338 e. The minimum Gasteiger partial charge on any atom is -0.508 e. The zero-order valence-electron chi connectivity index (χ0n) is 17.9. The van der Waals surface area contributed by atoms with Crippen LogP contribution in [0.1, 0.15) is 24.0 Å². The van der Waals surface area contributed by atoms with Crippen molar-refractivity contribution >= 4 is 30.1 Å². The molecule has 4 atom stereocenters. The van der Waals surface area contributed by atoms with Gasteiger partial charge in [-0.2, -0.15) is 0 Å². The summed E-state index contributed by atoms with van der Waals surface area (Å²) in [6.07, 6.45) is 1.72. The smallest absolute Gasteiger partial charge is 0.338 e. The maximum atomic E-state index is 12.4. The number of fused-ring (bicyclic) bond motifs is 2. The lowest BCUT2D eigenvalue weighted by Gasteiger charge is -2.35. The first-order valence-corrected chi connectivity index (χ1v) is 10.5. The van der Waals surface area contributed by atoms with Crippen molar-refractivity contribution in [1.29, 1.82) is 0 Å². The van der Waals surface area contributed by atoms with Crippen molar-refractivity contribution in [2.75, 3.05) is 0 Å². The molecule has 2 aromatic rings. The average Bonchev–Trinajstić information content (AvgIpc) is 3.05. The Labute approximate surface area is 194 Å². The number of rotatable bonds is 6. The van der Waals surface area contributed by atoms with Crippen LogP contribution < -0.4 is 0 Å². The summed E-state index contributed by atoms with van der Waals surface area (Å²) < 4.78 is 16.1. The van der Waals surface area contributed by atoms with Gasteiger partial charge in [0.05, 0.1) is 0 Å². The second kappa shape index (κ2) is 9.40. The first-order valence-electron chi connectivity index (χ1n) is 10.5. The third kappa shape index (κ3) is 5.26. The second-order valence-electron chi connectivity index (χ2n) is 8.11. The monoisotopic (exact) mass is 466 g/mol. The Morgan fingerprint density at radius 2 is 1.35 bits per heavy atom. The molecule has 1 saturated carbocycles. The van der Waals surface area contributed by atoms with E-state index in [4.69, 9.17) is 14.2 Å². The van der Waals surface area contributed by atoms with E-state index in [9.17, 15) is 29.7 Å². The normalized spacial score (nSPS) is 25.9. The number of benzene rings is 2. The standard InChI is InChI=1S/C25H22O9/c26-17-7-1-15(2-8-17)5-11-21(28)32-19-13-25(31)14-20(33-24(25)30)23(19)34-22(29)12-6-16-3-9-18(27)10-4-16/h1-12,19-20,23,26-27,31H,13-14H2/b11-5+,12-6+/t19?,20?,23-,25+/m1/s1. The van der Waals surface area contributed by atoms with Crippen molar-refractivity contribution in [3.63, 3.8) is 0 Å². The highest BCUT2D eigenvalue weighted by Gasteiger charge is 2.60. The number of carbonyl (C=O) groups is 3. The predicted molar refractivity (Wildman–Crippen MR) is 118 cm³/mol. The summed E-state index contributed by atoms with van der Waals surface area (Å²) in [7, 11) is 0. The van der Waals surface area contributed by atoms with Gasteiger partial charge in [0.2, 0.25) is 0 Å². The van der Waals surface area contributed by atoms with E-state index in [0.717, 1.165) is 12.2 Å². The van der Waals surface area contributed by atoms with Crippen molar-refractivity contribution in [2.24, 2.45) is 0 Å². The Bertz CT molecular complexity index is 1130. The molecule has 1 heterocycles. The van der Waals surface area contributed by atoms with Crippen LogP contribution in [0.25, 0.3) is 12.2 Å². The van der Waals surface area contributed by atoms with Crippen molar-refractivity contribution in [1.82, 2.24) is 0 Å². The fourth-order valence-electron chi connectivity index (χ4n) is 3.87. The summed E-state index contributed by atoms with van der Waals surface area (Å²) in [5.74, 6) is -2.21. The lowest BCUT2D eigenvalue weighted by atomic mass is 9.82. The van der Waals surface area contributed by atoms with E-state index in [-0.39, 0.29) is 24.3 Å². The summed E-state index contributed by atoms with van der Waals surface area (Å²) in [5.41, 5.74) is -0.540. The maximum absolute atomic E-state index is 12.4. The Morgan fingerprint density at radius 1 is 0.853 bits per heavy atom. The van der Waals surface area contributed by atoms with Crippen molar-refractivity contribution in [3.05, 3.63) is 71.8 Å². The zero-order chi connectivity index (χ0) is 24.3. The van der Waals surface area contributed by atoms with Crippen LogP contribution in [-0.2, 0) is 28.6 Å². The van der Waals surface area contributed by atoms with Crippen LogP contribution in [-0.4, -0.2) is 57.1 Å². The van der Waals surface area contributed by atoms with Gasteiger partial charge in [-0.3, -0.25) is 0 Å². The van der Waals surface area contributed by atoms with E-state index >= 15 is 0 Å². The molecule has 2 fully saturated rings. The summed E-state index contributed by atoms with van der Waals surface area (Å²) >= 11 is 0. The van der Waals surface area contributed by atoms with Crippen molar-refractivity contribution in [3.8, 4) is 11.5 Å². The average molecular weight is 466 g/mol. The van der Waals surface area contributed by atoms with E-state index < -0.39 is 41.8 Å². The summed E-state index contributed by atoms with van der Waals surface area (Å²) in [5, 5.41) is 29.2. The van der Waals surface area contributed by atoms with Crippen LogP contribution in [0.15, 0.2) is 60.7 Å². The number of carbonyl (C=O) groups excluding carboxylic acids is 3. The molecule has 2 aromatic carbocycles. The van der Waals surface area contributed by atoms with Gasteiger partial charge >= 0.3 is 17.9 Å². The molecule has 0 spiro atoms. The third-order valence-corrected chi connectivity index (χ3v) is 5.58. The van der Waals surface area contributed by atoms with Gasteiger partial charge in [0.1, 0.15) is 23.7 Å². The van der Waals surface area contributed by atoms with Crippen molar-refractivity contribution in [2.45, 2.75) is 36.8 Å². The molecule has 0 aromatic heterocycles. The first kappa shape index (κ1) is 23.1. The highest BCUT2D eigenvalue weighted by atomic mass is 16.6. The number of aromatic hydroxyl groups is 2. The minimum atomic E-state index is -1.82. The molecule has 2 bridgehead atoms. The number of aliphatic hydroxyl groups is 1. The molecule has 0 amide bonds. The molecule has 34 heavy (non-hydrogen) atoms. The number of esters is 3. The number of phenolic OH excluding ortho intramolecular Hbond substituents is 2. The SMILES string of the molecule is O=C(/C=C/c1ccc(O)cc1)OC1C[C@]2(O)CC(OC2=O)[C@@H]1OC(=O)/C=C/c1ccc(O)cc1. The molecule has 9 heteroatoms. The lowest BCUT2D eigenvalue weighted by Crippen LogP contribution is -2.51. The molecule has 4 rings (SSSR count). The number of phenols is 2. The summed E-state index contributed by atoms with van der Waals surface area (Å²) in [4.78, 5) is 36.9. The molecule has 176 valence electrons. The van der Waals surface area contributed by atoms with Crippen LogP contribution in [0.2, 0.25) is 0 Å². The molecular weight excluding hydrogens is 444 g/mol. The van der Waals surface area contributed by atoms with Gasteiger partial charge in [-0.1, -0.05) is 24.3 Å². The number of hydrogen-bond donors (Lipinski definition) is 3. The second-order valence-corrected chi connectivity index (χ2v) is 8.11. The van der Waals surface area contributed by atoms with Gasteiger partial charge < -0.3 is 29.5 Å². The quantitative estimate of drug-likeness (QED) is 0.332. The number of ether oxygens (including phenoxy) is 3. The van der Waals surface area contributed by atoms with E-state index in [1.165, 1.54) is 36.4 Å². The van der Waals surface area contributed by atoms with Gasteiger partial charge in [0.15, 0.2) is 11.7 Å². The summed E-state index contributed by atoms with van der Waals surface area (Å²) in [6, 6.07) is 12.2. The number of hydrogen-bond acceptors (Lipinski definition) is 9. The van der Waals surface area contributed by atoms with Crippen LogP contribution in [0.4, 0.5) is 0 Å². The summed E-state index contributed by atoms with van der Waals surface area (Å²) in [6.45, 7) is 0.